The molecule has 0 fully saturated rings. The molecular formula is C26H22N4O3. The summed E-state index contributed by atoms with van der Waals surface area (Å²) in [7, 11) is 1.32. The Bertz CT molecular complexity index is 1290. The lowest BCUT2D eigenvalue weighted by atomic mass is 10.1. The average molecular weight is 438 g/mol. The predicted molar refractivity (Wildman–Crippen MR) is 128 cm³/mol. The van der Waals surface area contributed by atoms with Crippen molar-refractivity contribution < 1.29 is 14.3 Å². The van der Waals surface area contributed by atoms with Gasteiger partial charge in [0.1, 0.15) is 11.6 Å². The number of hydrogen-bond acceptors (Lipinski definition) is 6. The number of carbonyl (C=O) groups is 2. The largest absolute Gasteiger partial charge is 0.465 e. The Labute approximate surface area is 191 Å². The van der Waals surface area contributed by atoms with Crippen molar-refractivity contribution in [2.45, 2.75) is 6.92 Å². The fraction of sp³-hybridized carbons (Fsp3) is 0.0769. The van der Waals surface area contributed by atoms with Gasteiger partial charge in [0.05, 0.1) is 18.4 Å². The molecule has 0 aliphatic heterocycles. The first-order valence-corrected chi connectivity index (χ1v) is 10.3. The van der Waals surface area contributed by atoms with E-state index in [0.717, 1.165) is 16.9 Å². The first-order chi connectivity index (χ1) is 16.0. The first-order valence-electron chi connectivity index (χ1n) is 10.3. The third-order valence-electron chi connectivity index (χ3n) is 4.87. The van der Waals surface area contributed by atoms with Gasteiger partial charge in [0.25, 0.3) is 5.91 Å². The molecule has 2 N–H and O–H groups in total. The zero-order chi connectivity index (χ0) is 23.2. The molecule has 1 heterocycles. The molecule has 4 rings (SSSR count). The van der Waals surface area contributed by atoms with E-state index in [9.17, 15) is 9.59 Å². The average Bonchev–Trinajstić information content (AvgIpc) is 2.84. The zero-order valence-corrected chi connectivity index (χ0v) is 18.2. The van der Waals surface area contributed by atoms with E-state index < -0.39 is 5.97 Å². The van der Waals surface area contributed by atoms with E-state index in [4.69, 9.17) is 0 Å². The zero-order valence-electron chi connectivity index (χ0n) is 18.2. The van der Waals surface area contributed by atoms with Crippen LogP contribution in [-0.2, 0) is 4.74 Å². The van der Waals surface area contributed by atoms with Gasteiger partial charge in [-0.05, 0) is 49.4 Å². The number of esters is 1. The quantitative estimate of drug-likeness (QED) is 0.400. The van der Waals surface area contributed by atoms with Gasteiger partial charge < -0.3 is 15.4 Å². The van der Waals surface area contributed by atoms with Crippen LogP contribution in [0.1, 0.15) is 26.5 Å². The highest BCUT2D eigenvalue weighted by atomic mass is 16.5. The minimum absolute atomic E-state index is 0.270. The molecule has 1 amide bonds. The summed E-state index contributed by atoms with van der Waals surface area (Å²) in [4.78, 5) is 33.3. The van der Waals surface area contributed by atoms with Gasteiger partial charge in [0.2, 0.25) is 0 Å². The molecular weight excluding hydrogens is 416 g/mol. The number of anilines is 3. The number of amides is 1. The van der Waals surface area contributed by atoms with Gasteiger partial charge in [-0.1, -0.05) is 36.4 Å². The first kappa shape index (κ1) is 21.7. The van der Waals surface area contributed by atoms with E-state index in [2.05, 4.69) is 25.3 Å². The highest BCUT2D eigenvalue weighted by Crippen LogP contribution is 2.23. The molecule has 164 valence electrons. The van der Waals surface area contributed by atoms with Crippen molar-refractivity contribution >= 4 is 29.1 Å². The topological polar surface area (TPSA) is 93.2 Å². The molecule has 7 nitrogen and oxygen atoms in total. The minimum atomic E-state index is -0.429. The van der Waals surface area contributed by atoms with Crippen LogP contribution in [0.4, 0.5) is 17.2 Å². The molecule has 0 saturated heterocycles. The molecule has 0 unspecified atom stereocenters. The molecule has 1 aromatic heterocycles. The van der Waals surface area contributed by atoms with E-state index in [0.29, 0.717) is 28.5 Å². The van der Waals surface area contributed by atoms with Crippen molar-refractivity contribution in [2.24, 2.45) is 0 Å². The van der Waals surface area contributed by atoms with E-state index in [1.165, 1.54) is 7.11 Å². The Morgan fingerprint density at radius 2 is 1.55 bits per heavy atom. The summed E-state index contributed by atoms with van der Waals surface area (Å²) in [6.07, 6.45) is 0. The third-order valence-corrected chi connectivity index (χ3v) is 4.87. The van der Waals surface area contributed by atoms with Crippen LogP contribution < -0.4 is 10.6 Å². The normalized spacial score (nSPS) is 10.4. The smallest absolute Gasteiger partial charge is 0.337 e. The second-order valence-electron chi connectivity index (χ2n) is 7.28. The third kappa shape index (κ3) is 5.40. The number of nitrogens with zero attached hydrogens (tertiary/aromatic N) is 2. The lowest BCUT2D eigenvalue weighted by Gasteiger charge is -2.11. The number of carbonyl (C=O) groups excluding carboxylic acids is 2. The summed E-state index contributed by atoms with van der Waals surface area (Å²) in [6, 6.07) is 25.4. The van der Waals surface area contributed by atoms with Gasteiger partial charge in [-0.25, -0.2) is 14.8 Å². The highest BCUT2D eigenvalue weighted by molar-refractivity contribution is 6.05. The number of aromatic nitrogens is 2. The molecule has 0 atom stereocenters. The number of benzene rings is 3. The second-order valence-corrected chi connectivity index (χ2v) is 7.28. The van der Waals surface area contributed by atoms with Crippen molar-refractivity contribution in [2.75, 3.05) is 17.7 Å². The van der Waals surface area contributed by atoms with Gasteiger partial charge in [0.15, 0.2) is 0 Å². The van der Waals surface area contributed by atoms with Crippen molar-refractivity contribution in [3.8, 4) is 11.3 Å². The van der Waals surface area contributed by atoms with Gasteiger partial charge in [-0.2, -0.15) is 0 Å². The van der Waals surface area contributed by atoms with Crippen molar-refractivity contribution in [3.05, 3.63) is 102 Å². The SMILES string of the molecule is COC(=O)c1ccc(NC(=O)c2cccc(Nc3cc(-c4ccccc4)nc(C)n3)c2)cc1. The van der Waals surface area contributed by atoms with Gasteiger partial charge >= 0.3 is 5.97 Å². The number of aryl methyl sites for hydroxylation is 1. The van der Waals surface area contributed by atoms with E-state index >= 15 is 0 Å². The summed E-state index contributed by atoms with van der Waals surface area (Å²) in [5, 5.41) is 6.09. The van der Waals surface area contributed by atoms with Crippen LogP contribution in [0.5, 0.6) is 0 Å². The predicted octanol–water partition coefficient (Wildman–Crippen LogP) is 5.23. The molecule has 7 heteroatoms. The fourth-order valence-corrected chi connectivity index (χ4v) is 3.29. The lowest BCUT2D eigenvalue weighted by molar-refractivity contribution is 0.0600. The van der Waals surface area contributed by atoms with E-state index in [-0.39, 0.29) is 5.91 Å². The Balaban J connectivity index is 1.50. The van der Waals surface area contributed by atoms with Crippen LogP contribution >= 0.6 is 0 Å². The number of ether oxygens (including phenoxy) is 1. The summed E-state index contributed by atoms with van der Waals surface area (Å²) in [5.41, 5.74) is 4.00. The monoisotopic (exact) mass is 438 g/mol. The molecule has 3 aromatic carbocycles. The van der Waals surface area contributed by atoms with Crippen LogP contribution in [0.15, 0.2) is 84.9 Å². The number of hydrogen-bond donors (Lipinski definition) is 2. The maximum absolute atomic E-state index is 12.7. The maximum atomic E-state index is 12.7. The number of rotatable bonds is 6. The van der Waals surface area contributed by atoms with E-state index in [1.807, 2.05) is 49.4 Å². The van der Waals surface area contributed by atoms with Crippen molar-refractivity contribution in [3.63, 3.8) is 0 Å². The lowest BCUT2D eigenvalue weighted by Crippen LogP contribution is -2.12. The van der Waals surface area contributed by atoms with Crippen LogP contribution in [0.25, 0.3) is 11.3 Å². The molecule has 0 radical (unpaired) electrons. The highest BCUT2D eigenvalue weighted by Gasteiger charge is 2.10. The van der Waals surface area contributed by atoms with Crippen LogP contribution in [0, 0.1) is 6.92 Å². The summed E-state index contributed by atoms with van der Waals surface area (Å²) in [6.45, 7) is 1.84. The summed E-state index contributed by atoms with van der Waals surface area (Å²) < 4.78 is 4.69. The van der Waals surface area contributed by atoms with Gasteiger partial charge in [0, 0.05) is 28.6 Å². The Morgan fingerprint density at radius 1 is 0.788 bits per heavy atom. The standard InChI is InChI=1S/C26H22N4O3/c1-17-27-23(18-7-4-3-5-8-18)16-24(28-17)29-22-10-6-9-20(15-22)25(31)30-21-13-11-19(12-14-21)26(32)33-2/h3-16H,1-2H3,(H,30,31)(H,27,28,29). The van der Waals surface area contributed by atoms with Crippen molar-refractivity contribution in [1.29, 1.82) is 0 Å². The molecule has 0 aliphatic rings. The van der Waals surface area contributed by atoms with Crippen LogP contribution in [-0.4, -0.2) is 29.0 Å². The van der Waals surface area contributed by atoms with E-state index in [1.54, 1.807) is 42.5 Å². The minimum Gasteiger partial charge on any atom is -0.465 e. The Morgan fingerprint density at radius 3 is 2.27 bits per heavy atom. The van der Waals surface area contributed by atoms with Crippen LogP contribution in [0.3, 0.4) is 0 Å². The molecule has 0 aliphatic carbocycles. The molecule has 33 heavy (non-hydrogen) atoms. The van der Waals surface area contributed by atoms with Gasteiger partial charge in [-0.3, -0.25) is 4.79 Å². The maximum Gasteiger partial charge on any atom is 0.337 e. The summed E-state index contributed by atoms with van der Waals surface area (Å²) in [5.74, 6) is 0.579. The number of methoxy groups -OCH3 is 1. The fourth-order valence-electron chi connectivity index (χ4n) is 3.29. The van der Waals surface area contributed by atoms with Gasteiger partial charge in [-0.15, -0.1) is 0 Å². The van der Waals surface area contributed by atoms with Crippen molar-refractivity contribution in [1.82, 2.24) is 9.97 Å². The molecule has 4 aromatic rings. The Hall–Kier alpha value is -4.52. The number of nitrogens with one attached hydrogen (secondary N) is 2. The molecule has 0 spiro atoms. The Kier molecular flexibility index (Phi) is 6.40. The second kappa shape index (κ2) is 9.74. The van der Waals surface area contributed by atoms with Crippen LogP contribution in [0.2, 0.25) is 0 Å². The molecule has 0 saturated carbocycles. The summed E-state index contributed by atoms with van der Waals surface area (Å²) >= 11 is 0. The molecule has 0 bridgehead atoms.